The number of carbonyl (C=O) groups excluding carboxylic acids is 2. The summed E-state index contributed by atoms with van der Waals surface area (Å²) in [5, 5.41) is 3.30. The molecular formula is C18H23ClN2O3. The van der Waals surface area contributed by atoms with Gasteiger partial charge in [-0.3, -0.25) is 9.59 Å². The largest absolute Gasteiger partial charge is 0.377 e. The molecule has 1 unspecified atom stereocenters. The minimum Gasteiger partial charge on any atom is -0.377 e. The first-order valence-corrected chi connectivity index (χ1v) is 8.80. The summed E-state index contributed by atoms with van der Waals surface area (Å²) in [7, 11) is 1.61. The first kappa shape index (κ1) is 17.2. The van der Waals surface area contributed by atoms with Crippen molar-refractivity contribution in [3.05, 3.63) is 34.9 Å². The summed E-state index contributed by atoms with van der Waals surface area (Å²) < 4.78 is 5.50. The van der Waals surface area contributed by atoms with Crippen molar-refractivity contribution in [3.63, 3.8) is 0 Å². The topological polar surface area (TPSA) is 58.6 Å². The smallest absolute Gasteiger partial charge is 0.233 e. The van der Waals surface area contributed by atoms with E-state index in [4.69, 9.17) is 16.3 Å². The molecule has 1 aromatic rings. The average Bonchev–Trinajstić information content (AvgIpc) is 2.55. The van der Waals surface area contributed by atoms with Gasteiger partial charge in [-0.2, -0.15) is 0 Å². The van der Waals surface area contributed by atoms with Gasteiger partial charge in [-0.05, 0) is 30.5 Å². The number of ether oxygens (including phenoxy) is 1. The summed E-state index contributed by atoms with van der Waals surface area (Å²) in [5.74, 6) is 0.0470. The molecule has 3 rings (SSSR count). The fourth-order valence-corrected chi connectivity index (χ4v) is 3.73. The van der Waals surface area contributed by atoms with Gasteiger partial charge in [0.25, 0.3) is 0 Å². The van der Waals surface area contributed by atoms with Crippen molar-refractivity contribution < 1.29 is 14.3 Å². The van der Waals surface area contributed by atoms with Gasteiger partial charge < -0.3 is 15.0 Å². The Labute approximate surface area is 147 Å². The van der Waals surface area contributed by atoms with E-state index in [0.717, 1.165) is 24.8 Å². The molecule has 1 heterocycles. The molecule has 1 aliphatic carbocycles. The van der Waals surface area contributed by atoms with Gasteiger partial charge in [-0.1, -0.05) is 30.2 Å². The van der Waals surface area contributed by atoms with Crippen molar-refractivity contribution in [2.24, 2.45) is 0 Å². The molecule has 1 saturated heterocycles. The highest BCUT2D eigenvalue weighted by Gasteiger charge is 2.49. The van der Waals surface area contributed by atoms with Crippen LogP contribution in [0.25, 0.3) is 0 Å². The van der Waals surface area contributed by atoms with Crippen LogP contribution in [-0.2, 0) is 19.7 Å². The number of morpholine rings is 1. The monoisotopic (exact) mass is 350 g/mol. The van der Waals surface area contributed by atoms with E-state index in [1.165, 1.54) is 0 Å². The van der Waals surface area contributed by atoms with Crippen LogP contribution >= 0.6 is 11.6 Å². The number of carbonyl (C=O) groups is 2. The first-order chi connectivity index (χ1) is 11.6. The molecular weight excluding hydrogens is 328 g/mol. The summed E-state index contributed by atoms with van der Waals surface area (Å²) in [6.07, 6.45) is 3.01. The molecule has 1 aliphatic heterocycles. The van der Waals surface area contributed by atoms with E-state index in [1.807, 2.05) is 29.2 Å². The van der Waals surface area contributed by atoms with E-state index in [1.54, 1.807) is 7.05 Å². The number of benzene rings is 1. The third-order valence-corrected chi connectivity index (χ3v) is 5.45. The Morgan fingerprint density at radius 2 is 2.04 bits per heavy atom. The second-order valence-corrected chi connectivity index (χ2v) is 6.98. The summed E-state index contributed by atoms with van der Waals surface area (Å²) in [6.45, 7) is 1.47. The molecule has 1 saturated carbocycles. The van der Waals surface area contributed by atoms with E-state index in [0.29, 0.717) is 24.8 Å². The highest BCUT2D eigenvalue weighted by molar-refractivity contribution is 6.30. The van der Waals surface area contributed by atoms with Gasteiger partial charge in [-0.15, -0.1) is 0 Å². The number of hydrogen-bond acceptors (Lipinski definition) is 3. The summed E-state index contributed by atoms with van der Waals surface area (Å²) in [4.78, 5) is 27.0. The van der Waals surface area contributed by atoms with Crippen molar-refractivity contribution in [1.29, 1.82) is 0 Å². The summed E-state index contributed by atoms with van der Waals surface area (Å²) in [6, 6.07) is 7.38. The maximum absolute atomic E-state index is 13.4. The van der Waals surface area contributed by atoms with Crippen molar-refractivity contribution in [1.82, 2.24) is 10.2 Å². The molecule has 6 heteroatoms. The molecule has 1 aromatic carbocycles. The van der Waals surface area contributed by atoms with E-state index >= 15 is 0 Å². The number of hydrogen-bond donors (Lipinski definition) is 1. The number of nitrogens with zero attached hydrogens (tertiary/aromatic N) is 1. The van der Waals surface area contributed by atoms with Crippen molar-refractivity contribution in [2.75, 3.05) is 26.8 Å². The molecule has 0 spiro atoms. The van der Waals surface area contributed by atoms with Crippen LogP contribution in [0.15, 0.2) is 24.3 Å². The van der Waals surface area contributed by atoms with Crippen LogP contribution in [0.2, 0.25) is 5.02 Å². The molecule has 0 aromatic heterocycles. The van der Waals surface area contributed by atoms with Crippen LogP contribution < -0.4 is 5.32 Å². The van der Waals surface area contributed by atoms with Gasteiger partial charge in [0.1, 0.15) is 0 Å². The molecule has 2 aliphatic rings. The van der Waals surface area contributed by atoms with E-state index in [9.17, 15) is 9.59 Å². The zero-order chi connectivity index (χ0) is 17.2. The molecule has 24 heavy (non-hydrogen) atoms. The second-order valence-electron chi connectivity index (χ2n) is 6.55. The van der Waals surface area contributed by atoms with Crippen LogP contribution in [0.1, 0.15) is 31.2 Å². The summed E-state index contributed by atoms with van der Waals surface area (Å²) >= 11 is 5.99. The Balaban J connectivity index is 1.84. The fraction of sp³-hybridized carbons (Fsp3) is 0.556. The normalized spacial score (nSPS) is 22.6. The van der Waals surface area contributed by atoms with E-state index in [-0.39, 0.29) is 24.3 Å². The zero-order valence-corrected chi connectivity index (χ0v) is 14.6. The predicted molar refractivity (Wildman–Crippen MR) is 92.0 cm³/mol. The van der Waals surface area contributed by atoms with Gasteiger partial charge >= 0.3 is 0 Å². The van der Waals surface area contributed by atoms with Gasteiger partial charge in [0, 0.05) is 25.0 Å². The fourth-order valence-electron chi connectivity index (χ4n) is 3.61. The number of rotatable bonds is 4. The zero-order valence-electron chi connectivity index (χ0n) is 13.9. The van der Waals surface area contributed by atoms with Gasteiger partial charge in [0.15, 0.2) is 0 Å². The molecule has 0 radical (unpaired) electrons. The highest BCUT2D eigenvalue weighted by atomic mass is 35.5. The number of halogens is 1. The second kappa shape index (κ2) is 7.11. The Morgan fingerprint density at radius 3 is 2.62 bits per heavy atom. The number of nitrogens with one attached hydrogen (secondary N) is 1. The van der Waals surface area contributed by atoms with Crippen LogP contribution in [0.4, 0.5) is 0 Å². The Morgan fingerprint density at radius 1 is 1.33 bits per heavy atom. The quantitative estimate of drug-likeness (QED) is 0.905. The molecule has 1 N–H and O–H groups in total. The maximum atomic E-state index is 13.4. The van der Waals surface area contributed by atoms with Crippen LogP contribution in [-0.4, -0.2) is 49.6 Å². The third-order valence-electron chi connectivity index (χ3n) is 5.20. The lowest BCUT2D eigenvalue weighted by atomic mass is 9.63. The molecule has 2 amide bonds. The Hall–Kier alpha value is -1.59. The van der Waals surface area contributed by atoms with E-state index in [2.05, 4.69) is 5.32 Å². The lowest BCUT2D eigenvalue weighted by Crippen LogP contribution is -2.58. The van der Waals surface area contributed by atoms with Crippen molar-refractivity contribution >= 4 is 23.4 Å². The van der Waals surface area contributed by atoms with Gasteiger partial charge in [0.2, 0.25) is 11.8 Å². The SMILES string of the molecule is CNC(=O)CC1COCCN1C(=O)C1(c2ccc(Cl)cc2)CCC1. The third kappa shape index (κ3) is 3.15. The minimum absolute atomic E-state index is 0.0718. The van der Waals surface area contributed by atoms with Crippen LogP contribution in [0.3, 0.4) is 0 Å². The lowest BCUT2D eigenvalue weighted by molar-refractivity contribution is -0.150. The number of amides is 2. The Kier molecular flexibility index (Phi) is 5.11. The van der Waals surface area contributed by atoms with Crippen LogP contribution in [0, 0.1) is 0 Å². The van der Waals surface area contributed by atoms with Crippen molar-refractivity contribution in [2.45, 2.75) is 37.1 Å². The van der Waals surface area contributed by atoms with E-state index < -0.39 is 5.41 Å². The Bertz CT molecular complexity index is 613. The lowest BCUT2D eigenvalue weighted by Gasteiger charge is -2.47. The highest BCUT2D eigenvalue weighted by Crippen LogP contribution is 2.46. The standard InChI is InChI=1S/C18H23ClN2O3/c1-20-16(22)11-15-12-24-10-9-21(15)17(23)18(7-2-8-18)13-3-5-14(19)6-4-13/h3-6,15H,2,7-12H2,1H3,(H,20,22). The van der Waals surface area contributed by atoms with Gasteiger partial charge in [0.05, 0.1) is 24.7 Å². The molecule has 0 bridgehead atoms. The molecule has 5 nitrogen and oxygen atoms in total. The maximum Gasteiger partial charge on any atom is 0.233 e. The average molecular weight is 351 g/mol. The minimum atomic E-state index is -0.469. The predicted octanol–water partition coefficient (Wildman–Crippen LogP) is 2.13. The summed E-state index contributed by atoms with van der Waals surface area (Å²) in [5.41, 5.74) is 0.552. The van der Waals surface area contributed by atoms with Gasteiger partial charge in [-0.25, -0.2) is 0 Å². The molecule has 2 fully saturated rings. The molecule has 130 valence electrons. The molecule has 1 atom stereocenters. The van der Waals surface area contributed by atoms with Crippen LogP contribution in [0.5, 0.6) is 0 Å². The first-order valence-electron chi connectivity index (χ1n) is 8.42. The van der Waals surface area contributed by atoms with Crippen molar-refractivity contribution in [3.8, 4) is 0 Å².